The van der Waals surface area contributed by atoms with E-state index in [0.717, 1.165) is 12.8 Å². The average Bonchev–Trinajstić information content (AvgIpc) is 2.20. The Hall–Kier alpha value is -1.05. The molecule has 0 aliphatic carbocycles. The molecule has 0 saturated heterocycles. The van der Waals surface area contributed by atoms with Gasteiger partial charge in [0.25, 0.3) is 0 Å². The van der Waals surface area contributed by atoms with Gasteiger partial charge in [-0.2, -0.15) is 0 Å². The van der Waals surface area contributed by atoms with Gasteiger partial charge in [0, 0.05) is 23.9 Å². The predicted molar refractivity (Wildman–Crippen MR) is 49.4 cm³/mol. The maximum Gasteiger partial charge on any atom is 0.144 e. The lowest BCUT2D eigenvalue weighted by Gasteiger charge is -2.19. The van der Waals surface area contributed by atoms with Crippen LogP contribution in [-0.2, 0) is 4.79 Å². The minimum absolute atomic E-state index is 0.233. The van der Waals surface area contributed by atoms with E-state index in [1.165, 1.54) is 11.8 Å². The molecule has 0 aromatic rings. The SMILES string of the molecule is CC1=CC(C)(C)CN1/C=C/C=O. The highest BCUT2D eigenvalue weighted by molar-refractivity contribution is 5.64. The zero-order valence-electron chi connectivity index (χ0n) is 7.87. The van der Waals surface area contributed by atoms with Crippen LogP contribution in [0.4, 0.5) is 0 Å². The normalized spacial score (nSPS) is 21.6. The molecule has 0 fully saturated rings. The van der Waals surface area contributed by atoms with Crippen molar-refractivity contribution in [3.63, 3.8) is 0 Å². The number of rotatable bonds is 2. The van der Waals surface area contributed by atoms with Gasteiger partial charge in [-0.05, 0) is 13.0 Å². The highest BCUT2D eigenvalue weighted by atomic mass is 16.1. The quantitative estimate of drug-likeness (QED) is 0.460. The number of hydrogen-bond acceptors (Lipinski definition) is 2. The van der Waals surface area contributed by atoms with Crippen molar-refractivity contribution in [2.75, 3.05) is 6.54 Å². The molecule has 1 rings (SSSR count). The largest absolute Gasteiger partial charge is 0.351 e. The summed E-state index contributed by atoms with van der Waals surface area (Å²) in [5.41, 5.74) is 1.45. The summed E-state index contributed by atoms with van der Waals surface area (Å²) in [6.45, 7) is 7.39. The lowest BCUT2D eigenvalue weighted by molar-refractivity contribution is -0.104. The number of aldehydes is 1. The zero-order chi connectivity index (χ0) is 9.19. The van der Waals surface area contributed by atoms with Gasteiger partial charge in [-0.15, -0.1) is 0 Å². The molecule has 12 heavy (non-hydrogen) atoms. The number of allylic oxidation sites excluding steroid dienone is 2. The van der Waals surface area contributed by atoms with Gasteiger partial charge in [0.1, 0.15) is 6.29 Å². The van der Waals surface area contributed by atoms with Crippen LogP contribution in [0, 0.1) is 5.41 Å². The lowest BCUT2D eigenvalue weighted by Crippen LogP contribution is -2.19. The third-order valence-corrected chi connectivity index (χ3v) is 1.98. The number of carbonyl (C=O) groups excluding carboxylic acids is 1. The Bertz CT molecular complexity index is 238. The van der Waals surface area contributed by atoms with Crippen molar-refractivity contribution < 1.29 is 4.79 Å². The first-order chi connectivity index (χ1) is 5.55. The fourth-order valence-corrected chi connectivity index (χ4v) is 1.57. The van der Waals surface area contributed by atoms with Crippen molar-refractivity contribution >= 4 is 6.29 Å². The second kappa shape index (κ2) is 3.13. The minimum Gasteiger partial charge on any atom is -0.351 e. The van der Waals surface area contributed by atoms with Crippen LogP contribution < -0.4 is 0 Å². The van der Waals surface area contributed by atoms with Gasteiger partial charge in [0.2, 0.25) is 0 Å². The van der Waals surface area contributed by atoms with Crippen molar-refractivity contribution in [2.45, 2.75) is 20.8 Å². The molecule has 0 N–H and O–H groups in total. The molecule has 0 saturated carbocycles. The van der Waals surface area contributed by atoms with Gasteiger partial charge in [-0.25, -0.2) is 0 Å². The fraction of sp³-hybridized carbons (Fsp3) is 0.500. The van der Waals surface area contributed by atoms with E-state index in [0.29, 0.717) is 0 Å². The van der Waals surface area contributed by atoms with E-state index in [4.69, 9.17) is 0 Å². The van der Waals surface area contributed by atoms with Crippen molar-refractivity contribution in [1.29, 1.82) is 0 Å². The molecular formula is C10H15NO. The highest BCUT2D eigenvalue weighted by Gasteiger charge is 2.25. The van der Waals surface area contributed by atoms with Crippen LogP contribution in [0.15, 0.2) is 24.0 Å². The van der Waals surface area contributed by atoms with Crippen molar-refractivity contribution in [1.82, 2.24) is 4.90 Å². The summed E-state index contributed by atoms with van der Waals surface area (Å²) < 4.78 is 0. The first kappa shape index (κ1) is 9.04. The fourth-order valence-electron chi connectivity index (χ4n) is 1.57. The van der Waals surface area contributed by atoms with Gasteiger partial charge in [0.15, 0.2) is 0 Å². The first-order valence-electron chi connectivity index (χ1n) is 4.13. The molecule has 1 aliphatic heterocycles. The minimum atomic E-state index is 0.233. The third-order valence-electron chi connectivity index (χ3n) is 1.98. The van der Waals surface area contributed by atoms with E-state index in [1.807, 2.05) is 6.20 Å². The van der Waals surface area contributed by atoms with Gasteiger partial charge >= 0.3 is 0 Å². The topological polar surface area (TPSA) is 20.3 Å². The van der Waals surface area contributed by atoms with Crippen LogP contribution in [-0.4, -0.2) is 17.7 Å². The van der Waals surface area contributed by atoms with Crippen LogP contribution >= 0.6 is 0 Å². The molecule has 0 spiro atoms. The molecule has 0 aromatic carbocycles. The summed E-state index contributed by atoms with van der Waals surface area (Å²) in [6.07, 6.45) is 6.38. The van der Waals surface area contributed by atoms with Crippen molar-refractivity contribution in [2.24, 2.45) is 5.41 Å². The average molecular weight is 165 g/mol. The molecule has 2 nitrogen and oxygen atoms in total. The molecule has 0 atom stereocenters. The molecule has 2 heteroatoms. The first-order valence-corrected chi connectivity index (χ1v) is 4.13. The lowest BCUT2D eigenvalue weighted by atomic mass is 9.96. The number of carbonyl (C=O) groups is 1. The van der Waals surface area contributed by atoms with Crippen molar-refractivity contribution in [3.8, 4) is 0 Å². The number of nitrogens with zero attached hydrogens (tertiary/aromatic N) is 1. The van der Waals surface area contributed by atoms with E-state index in [9.17, 15) is 4.79 Å². The molecule has 1 heterocycles. The van der Waals surface area contributed by atoms with E-state index >= 15 is 0 Å². The maximum absolute atomic E-state index is 10.1. The Labute approximate surface area is 73.6 Å². The second-order valence-electron chi connectivity index (χ2n) is 3.88. The summed E-state index contributed by atoms with van der Waals surface area (Å²) in [5, 5.41) is 0. The van der Waals surface area contributed by atoms with Crippen molar-refractivity contribution in [3.05, 3.63) is 24.0 Å². The predicted octanol–water partition coefficient (Wildman–Crippen LogP) is 1.94. The van der Waals surface area contributed by atoms with Gasteiger partial charge in [-0.3, -0.25) is 4.79 Å². The van der Waals surface area contributed by atoms with E-state index in [-0.39, 0.29) is 5.41 Å². The molecule has 0 aromatic heterocycles. The smallest absolute Gasteiger partial charge is 0.144 e. The Balaban J connectivity index is 2.68. The molecular weight excluding hydrogens is 150 g/mol. The Morgan fingerprint density at radius 1 is 1.58 bits per heavy atom. The molecule has 0 amide bonds. The molecule has 0 radical (unpaired) electrons. The monoisotopic (exact) mass is 165 g/mol. The Morgan fingerprint density at radius 2 is 2.25 bits per heavy atom. The summed E-state index contributed by atoms with van der Waals surface area (Å²) in [6, 6.07) is 0. The Kier molecular flexibility index (Phi) is 2.36. The molecule has 0 unspecified atom stereocenters. The van der Waals surface area contributed by atoms with Crippen LogP contribution in [0.1, 0.15) is 20.8 Å². The summed E-state index contributed by atoms with van der Waals surface area (Å²) in [5.74, 6) is 0. The standard InChI is InChI=1S/C10H15NO/c1-9-7-10(2,3)8-11(9)5-4-6-12/h4-7H,8H2,1-3H3/b5-4+. The summed E-state index contributed by atoms with van der Waals surface area (Å²) >= 11 is 0. The molecule has 66 valence electrons. The van der Waals surface area contributed by atoms with Crippen LogP contribution in [0.25, 0.3) is 0 Å². The molecule has 0 bridgehead atoms. The maximum atomic E-state index is 10.1. The highest BCUT2D eigenvalue weighted by Crippen LogP contribution is 2.30. The van der Waals surface area contributed by atoms with E-state index < -0.39 is 0 Å². The van der Waals surface area contributed by atoms with Crippen LogP contribution in [0.2, 0.25) is 0 Å². The zero-order valence-corrected chi connectivity index (χ0v) is 7.87. The van der Waals surface area contributed by atoms with Gasteiger partial charge < -0.3 is 4.90 Å². The van der Waals surface area contributed by atoms with E-state index in [1.54, 1.807) is 0 Å². The third kappa shape index (κ3) is 1.97. The summed E-state index contributed by atoms with van der Waals surface area (Å²) in [7, 11) is 0. The summed E-state index contributed by atoms with van der Waals surface area (Å²) in [4.78, 5) is 12.2. The molecule has 1 aliphatic rings. The van der Waals surface area contributed by atoms with Crippen LogP contribution in [0.3, 0.4) is 0 Å². The second-order valence-corrected chi connectivity index (χ2v) is 3.88. The van der Waals surface area contributed by atoms with Gasteiger partial charge in [-0.1, -0.05) is 19.9 Å². The van der Waals surface area contributed by atoms with E-state index in [2.05, 4.69) is 31.7 Å². The Morgan fingerprint density at radius 3 is 2.67 bits per heavy atom. The van der Waals surface area contributed by atoms with Gasteiger partial charge in [0.05, 0.1) is 0 Å². The number of hydrogen-bond donors (Lipinski definition) is 0. The van der Waals surface area contributed by atoms with Crippen LogP contribution in [0.5, 0.6) is 0 Å².